The Bertz CT molecular complexity index is 1650. The Morgan fingerprint density at radius 3 is 2.71 bits per heavy atom. The lowest BCUT2D eigenvalue weighted by Crippen LogP contribution is -2.52. The highest BCUT2D eigenvalue weighted by Crippen LogP contribution is 2.36. The van der Waals surface area contributed by atoms with Crippen LogP contribution in [0.3, 0.4) is 0 Å². The molecule has 0 bridgehead atoms. The van der Waals surface area contributed by atoms with E-state index in [9.17, 15) is 18.3 Å². The third kappa shape index (κ3) is 10.2. The van der Waals surface area contributed by atoms with Crippen LogP contribution in [0.5, 0.6) is 11.5 Å². The minimum absolute atomic E-state index is 0.00289. The molecule has 0 radical (unpaired) electrons. The number of carbonyl (C=O) groups is 1. The number of unbranched alkanes of at least 4 members (excludes halogenated alkanes) is 1. The van der Waals surface area contributed by atoms with Gasteiger partial charge in [0.1, 0.15) is 6.10 Å². The lowest BCUT2D eigenvalue weighted by molar-refractivity contribution is -0.0907. The number of aliphatic imine (C=N–C) groups is 1. The first-order valence-electron chi connectivity index (χ1n) is 17.2. The molecule has 16 heteroatoms. The number of benzene rings is 2. The molecule has 0 saturated carbocycles. The lowest BCUT2D eigenvalue weighted by atomic mass is 9.87. The number of carbonyl (C=O) groups excluding carboxylic acids is 1. The first-order valence-corrected chi connectivity index (χ1v) is 18.6. The van der Waals surface area contributed by atoms with Crippen molar-refractivity contribution in [3.05, 3.63) is 54.1 Å². The van der Waals surface area contributed by atoms with E-state index in [0.29, 0.717) is 43.5 Å². The van der Waals surface area contributed by atoms with Crippen LogP contribution in [-0.4, -0.2) is 101 Å². The summed E-state index contributed by atoms with van der Waals surface area (Å²) in [6, 6.07) is 12.9. The van der Waals surface area contributed by atoms with Crippen molar-refractivity contribution in [3.8, 4) is 17.7 Å². The van der Waals surface area contributed by atoms with Crippen LogP contribution < -0.4 is 25.4 Å². The van der Waals surface area contributed by atoms with Crippen molar-refractivity contribution in [1.29, 1.82) is 5.26 Å². The number of nitrogens with one attached hydrogen (secondary N) is 3. The van der Waals surface area contributed by atoms with Crippen molar-refractivity contribution < 1.29 is 42.0 Å². The van der Waals surface area contributed by atoms with Crippen LogP contribution in [0.15, 0.2) is 58.4 Å². The van der Waals surface area contributed by atoms with Crippen molar-refractivity contribution in [1.82, 2.24) is 20.3 Å². The average molecular weight is 729 g/mol. The summed E-state index contributed by atoms with van der Waals surface area (Å²) in [6.07, 6.45) is 2.01. The molecule has 5 atom stereocenters. The number of nitriles is 1. The van der Waals surface area contributed by atoms with Crippen LogP contribution in [0.4, 0.5) is 4.79 Å². The van der Waals surface area contributed by atoms with Crippen LogP contribution in [0, 0.1) is 22.8 Å². The minimum atomic E-state index is -4.17. The van der Waals surface area contributed by atoms with E-state index >= 15 is 0 Å². The van der Waals surface area contributed by atoms with Gasteiger partial charge >= 0.3 is 6.09 Å². The number of nitrogens with zero attached hydrogens (tertiary/aromatic N) is 3. The molecule has 2 saturated heterocycles. The summed E-state index contributed by atoms with van der Waals surface area (Å²) >= 11 is 0. The second kappa shape index (κ2) is 17.4. The molecule has 5 rings (SSSR count). The molecule has 3 heterocycles. The van der Waals surface area contributed by atoms with Crippen LogP contribution >= 0.6 is 0 Å². The van der Waals surface area contributed by atoms with Gasteiger partial charge in [0, 0.05) is 32.7 Å². The second-order valence-corrected chi connectivity index (χ2v) is 15.6. The fraction of sp³-hybridized carbons (Fsp3) is 0.571. The zero-order chi connectivity index (χ0) is 36.4. The summed E-state index contributed by atoms with van der Waals surface area (Å²) in [5.41, 5.74) is 0.329. The van der Waals surface area contributed by atoms with Gasteiger partial charge in [-0.1, -0.05) is 50.6 Å². The largest absolute Gasteiger partial charge is 0.454 e. The van der Waals surface area contributed by atoms with E-state index in [2.05, 4.69) is 20.9 Å². The number of rotatable bonds is 16. The molecule has 2 aromatic rings. The van der Waals surface area contributed by atoms with E-state index in [1.807, 2.05) is 50.4 Å². The molecular formula is C35H48N6O9S. The highest BCUT2D eigenvalue weighted by molar-refractivity contribution is 7.89. The standard InChI is InChI=1S/C35H48N6O9S/c1-35(2,14-7-8-15-38-33(37-3)39-22-36)21-41(51(44,45)25-11-12-29-30(18-25)49-23-48-29)19-28(42)27(17-24-9-5-4-6-10-24)40-34(43)50-31-20-47-32-26(31)13-16-46-32/h4-6,9-12,18,26-28,31-32,42H,7-8,13-17,19-21,23H2,1-3H3,(H,40,43)(H2,37,38,39)/t26-,27-,28+,31-,32+/m0/s1. The van der Waals surface area contributed by atoms with E-state index in [1.165, 1.54) is 16.4 Å². The van der Waals surface area contributed by atoms with Gasteiger partial charge in [0.2, 0.25) is 22.8 Å². The van der Waals surface area contributed by atoms with Crippen molar-refractivity contribution in [2.75, 3.05) is 46.7 Å². The SMILES string of the molecule is CN=C(NC#N)NCCCCC(C)(C)CN(C[C@@H](O)[C@H](Cc1ccccc1)NC(=O)O[C@H]1CO[C@H]2OCC[C@H]21)S(=O)(=O)c1ccc2c(c1)OCO2. The molecule has 15 nitrogen and oxygen atoms in total. The number of aliphatic hydroxyl groups is 1. The quantitative estimate of drug-likeness (QED) is 0.0651. The summed E-state index contributed by atoms with van der Waals surface area (Å²) in [5.74, 6) is 1.08. The summed E-state index contributed by atoms with van der Waals surface area (Å²) in [6.45, 7) is 5.04. The first-order chi connectivity index (χ1) is 24.5. The maximum atomic E-state index is 14.4. The monoisotopic (exact) mass is 728 g/mol. The summed E-state index contributed by atoms with van der Waals surface area (Å²) in [4.78, 5) is 17.2. The maximum absolute atomic E-state index is 14.4. The molecule has 1 amide bonds. The number of ether oxygens (including phenoxy) is 5. The Hall–Kier alpha value is -4.14. The lowest BCUT2D eigenvalue weighted by Gasteiger charge is -2.35. The van der Waals surface area contributed by atoms with Gasteiger partial charge in [-0.2, -0.15) is 9.57 Å². The summed E-state index contributed by atoms with van der Waals surface area (Å²) < 4.78 is 57.8. The molecule has 2 aromatic carbocycles. The molecular weight excluding hydrogens is 680 g/mol. The third-order valence-electron chi connectivity index (χ3n) is 9.26. The third-order valence-corrected chi connectivity index (χ3v) is 11.1. The normalized spacial score (nSPS) is 21.1. The molecule has 51 heavy (non-hydrogen) atoms. The average Bonchev–Trinajstić information content (AvgIpc) is 3.86. The zero-order valence-corrected chi connectivity index (χ0v) is 30.1. The van der Waals surface area contributed by atoms with Gasteiger partial charge in [-0.15, -0.1) is 0 Å². The molecule has 278 valence electrons. The smallest absolute Gasteiger partial charge is 0.407 e. The molecule has 0 spiro atoms. The van der Waals surface area contributed by atoms with Gasteiger partial charge < -0.3 is 39.4 Å². The Labute approximate surface area is 299 Å². The van der Waals surface area contributed by atoms with Gasteiger partial charge in [0.15, 0.2) is 24.0 Å². The topological polar surface area (TPSA) is 193 Å². The molecule has 0 aliphatic carbocycles. The van der Waals surface area contributed by atoms with Crippen molar-refractivity contribution in [2.45, 2.75) is 75.4 Å². The molecule has 4 N–H and O–H groups in total. The van der Waals surface area contributed by atoms with E-state index in [-0.39, 0.29) is 43.7 Å². The van der Waals surface area contributed by atoms with Gasteiger partial charge in [-0.05, 0) is 48.8 Å². The second-order valence-electron chi connectivity index (χ2n) is 13.6. The van der Waals surface area contributed by atoms with Crippen molar-refractivity contribution >= 4 is 22.1 Å². The van der Waals surface area contributed by atoms with Gasteiger partial charge in [-0.25, -0.2) is 13.2 Å². The van der Waals surface area contributed by atoms with E-state index in [1.54, 1.807) is 13.1 Å². The van der Waals surface area contributed by atoms with Crippen LogP contribution in [-0.2, 0) is 30.7 Å². The molecule has 3 aliphatic heterocycles. The fourth-order valence-electron chi connectivity index (χ4n) is 6.52. The zero-order valence-electron chi connectivity index (χ0n) is 29.2. The van der Waals surface area contributed by atoms with Crippen molar-refractivity contribution in [2.24, 2.45) is 16.3 Å². The Morgan fingerprint density at radius 1 is 1.16 bits per heavy atom. The number of alkyl carbamates (subject to hydrolysis) is 1. The van der Waals surface area contributed by atoms with Crippen LogP contribution in [0.2, 0.25) is 0 Å². The number of hydrogen-bond acceptors (Lipinski definition) is 11. The van der Waals surface area contributed by atoms with E-state index in [4.69, 9.17) is 28.9 Å². The number of aliphatic hydroxyl groups excluding tert-OH is 1. The fourth-order valence-corrected chi connectivity index (χ4v) is 8.18. The van der Waals surface area contributed by atoms with Crippen LogP contribution in [0.25, 0.3) is 0 Å². The Kier molecular flexibility index (Phi) is 13.0. The van der Waals surface area contributed by atoms with Gasteiger partial charge in [0.25, 0.3) is 0 Å². The van der Waals surface area contributed by atoms with E-state index < -0.39 is 46.1 Å². The summed E-state index contributed by atoms with van der Waals surface area (Å²) in [5, 5.41) is 29.0. The van der Waals surface area contributed by atoms with Crippen molar-refractivity contribution in [3.63, 3.8) is 0 Å². The summed E-state index contributed by atoms with van der Waals surface area (Å²) in [7, 11) is -2.60. The van der Waals surface area contributed by atoms with Crippen LogP contribution in [0.1, 0.15) is 45.1 Å². The highest BCUT2D eigenvalue weighted by atomic mass is 32.2. The van der Waals surface area contributed by atoms with E-state index in [0.717, 1.165) is 18.4 Å². The number of hydrogen-bond donors (Lipinski definition) is 4. The van der Waals surface area contributed by atoms with Gasteiger partial charge in [-0.3, -0.25) is 10.3 Å². The number of amides is 1. The predicted molar refractivity (Wildman–Crippen MR) is 186 cm³/mol. The minimum Gasteiger partial charge on any atom is -0.454 e. The maximum Gasteiger partial charge on any atom is 0.407 e. The predicted octanol–water partition coefficient (Wildman–Crippen LogP) is 2.71. The highest BCUT2D eigenvalue weighted by Gasteiger charge is 2.44. The number of guanidine groups is 1. The first kappa shape index (κ1) is 38.1. The Morgan fingerprint density at radius 2 is 1.94 bits per heavy atom. The molecule has 0 unspecified atom stereocenters. The molecule has 2 fully saturated rings. The van der Waals surface area contributed by atoms with Gasteiger partial charge in [0.05, 0.1) is 36.2 Å². The molecule has 3 aliphatic rings. The number of fused-ring (bicyclic) bond motifs is 2. The Balaban J connectivity index is 1.32. The molecule has 0 aromatic heterocycles. The number of sulfonamides is 1.